The van der Waals surface area contributed by atoms with Gasteiger partial charge in [0.25, 0.3) is 0 Å². The van der Waals surface area contributed by atoms with E-state index in [-0.39, 0.29) is 0 Å². The van der Waals surface area contributed by atoms with Crippen molar-refractivity contribution >= 4 is 48.1 Å². The monoisotopic (exact) mass is 490 g/mol. The van der Waals surface area contributed by atoms with Crippen molar-refractivity contribution in [2.24, 2.45) is 0 Å². The van der Waals surface area contributed by atoms with Crippen LogP contribution in [0.15, 0.2) is 42.5 Å². The minimum Gasteiger partial charge on any atom is -0.497 e. The van der Waals surface area contributed by atoms with Gasteiger partial charge < -0.3 is 4.74 Å². The maximum absolute atomic E-state index is 11.9. The lowest BCUT2D eigenvalue weighted by molar-refractivity contribution is 0.180. The summed E-state index contributed by atoms with van der Waals surface area (Å²) >= 11 is 7.83. The molecule has 7 nitrogen and oxygen atoms in total. The molecule has 0 spiro atoms. The molecule has 2 aromatic carbocycles. The highest BCUT2D eigenvalue weighted by Crippen LogP contribution is 2.35. The zero-order valence-corrected chi connectivity index (χ0v) is 20.2. The van der Waals surface area contributed by atoms with Gasteiger partial charge in [0.15, 0.2) is 4.96 Å². The van der Waals surface area contributed by atoms with Gasteiger partial charge in [-0.15, -0.1) is 0 Å². The second-order valence-electron chi connectivity index (χ2n) is 7.91. The third-order valence-corrected chi connectivity index (χ3v) is 8.36. The maximum Gasteiger partial charge on any atom is 0.211 e. The molecule has 1 saturated heterocycles. The van der Waals surface area contributed by atoms with Crippen molar-refractivity contribution in [1.29, 1.82) is 0 Å². The number of aromatic nitrogens is 2. The standard InChI is InChI=1S/C22H23ClN4O3S2/c1-30-17-5-3-4-15(12-17)21-19(14-25-8-10-26(11-9-25)32(2,28)29)27-18-7-6-16(23)13-20(18)31-22(27)24-21/h3-7,12-13H,8-11,14H2,1-2H3. The number of hydrogen-bond donors (Lipinski definition) is 0. The number of ether oxygens (including phenoxy) is 1. The molecule has 5 rings (SSSR count). The third kappa shape index (κ3) is 3.99. The Morgan fingerprint density at radius 2 is 1.91 bits per heavy atom. The van der Waals surface area contributed by atoms with Crippen LogP contribution in [0.3, 0.4) is 0 Å². The highest BCUT2D eigenvalue weighted by Gasteiger charge is 2.26. The summed E-state index contributed by atoms with van der Waals surface area (Å²) in [5.74, 6) is 0.781. The fraction of sp³-hybridized carbons (Fsp3) is 0.318. The number of thiazole rings is 1. The Bertz CT molecular complexity index is 1410. The molecule has 1 fully saturated rings. The van der Waals surface area contributed by atoms with Gasteiger partial charge in [-0.2, -0.15) is 4.31 Å². The van der Waals surface area contributed by atoms with E-state index in [0.29, 0.717) is 37.7 Å². The van der Waals surface area contributed by atoms with Crippen molar-refractivity contribution in [3.63, 3.8) is 0 Å². The Balaban J connectivity index is 1.59. The largest absolute Gasteiger partial charge is 0.497 e. The number of methoxy groups -OCH3 is 1. The average Bonchev–Trinajstić information content (AvgIpc) is 3.29. The molecule has 1 aliphatic rings. The molecule has 0 N–H and O–H groups in total. The first-order chi connectivity index (χ1) is 15.3. The van der Waals surface area contributed by atoms with E-state index in [0.717, 1.165) is 37.9 Å². The van der Waals surface area contributed by atoms with Crippen molar-refractivity contribution in [3.05, 3.63) is 53.2 Å². The van der Waals surface area contributed by atoms with E-state index in [9.17, 15) is 8.42 Å². The molecule has 32 heavy (non-hydrogen) atoms. The van der Waals surface area contributed by atoms with Crippen LogP contribution in [-0.4, -0.2) is 66.6 Å². The zero-order chi connectivity index (χ0) is 22.5. The van der Waals surface area contributed by atoms with E-state index >= 15 is 0 Å². The first-order valence-corrected chi connectivity index (χ1v) is 13.3. The Kier molecular flexibility index (Phi) is 5.63. The van der Waals surface area contributed by atoms with Crippen molar-refractivity contribution in [1.82, 2.24) is 18.6 Å². The minimum absolute atomic E-state index is 0.495. The van der Waals surface area contributed by atoms with Gasteiger partial charge in [0.05, 0.1) is 35.0 Å². The topological polar surface area (TPSA) is 67.2 Å². The summed E-state index contributed by atoms with van der Waals surface area (Å²) in [6.07, 6.45) is 1.27. The second-order valence-corrected chi connectivity index (χ2v) is 11.3. The molecule has 2 aromatic heterocycles. The molecule has 3 heterocycles. The van der Waals surface area contributed by atoms with Crippen LogP contribution in [0.25, 0.3) is 26.4 Å². The molecule has 4 aromatic rings. The first-order valence-electron chi connectivity index (χ1n) is 10.2. The smallest absolute Gasteiger partial charge is 0.211 e. The van der Waals surface area contributed by atoms with Crippen molar-refractivity contribution in [2.45, 2.75) is 6.54 Å². The molecule has 0 radical (unpaired) electrons. The molecule has 1 aliphatic heterocycles. The van der Waals surface area contributed by atoms with E-state index in [1.54, 1.807) is 22.8 Å². The molecule has 0 saturated carbocycles. The number of benzene rings is 2. The van der Waals surface area contributed by atoms with Gasteiger partial charge in [0, 0.05) is 43.3 Å². The summed E-state index contributed by atoms with van der Waals surface area (Å²) in [6, 6.07) is 13.8. The summed E-state index contributed by atoms with van der Waals surface area (Å²) in [4.78, 5) is 8.19. The quantitative estimate of drug-likeness (QED) is 0.423. The van der Waals surface area contributed by atoms with Crippen LogP contribution >= 0.6 is 22.9 Å². The summed E-state index contributed by atoms with van der Waals surface area (Å²) in [5, 5.41) is 0.702. The number of rotatable bonds is 5. The van der Waals surface area contributed by atoms with Crippen LogP contribution in [-0.2, 0) is 16.6 Å². The van der Waals surface area contributed by atoms with Crippen molar-refractivity contribution < 1.29 is 13.2 Å². The van der Waals surface area contributed by atoms with Crippen LogP contribution in [0, 0.1) is 0 Å². The normalized spacial score (nSPS) is 16.2. The predicted molar refractivity (Wildman–Crippen MR) is 129 cm³/mol. The average molecular weight is 491 g/mol. The first kappa shape index (κ1) is 21.7. The van der Waals surface area contributed by atoms with Gasteiger partial charge in [0.1, 0.15) is 5.75 Å². The summed E-state index contributed by atoms with van der Waals surface area (Å²) < 4.78 is 34.0. The molecular weight excluding hydrogens is 468 g/mol. The lowest BCUT2D eigenvalue weighted by atomic mass is 10.1. The van der Waals surface area contributed by atoms with Gasteiger partial charge in [-0.05, 0) is 30.3 Å². The number of imidazole rings is 1. The van der Waals surface area contributed by atoms with Crippen LogP contribution in [0.2, 0.25) is 5.02 Å². The van der Waals surface area contributed by atoms with Crippen LogP contribution in [0.4, 0.5) is 0 Å². The van der Waals surface area contributed by atoms with E-state index in [1.165, 1.54) is 6.26 Å². The SMILES string of the molecule is COc1cccc(-c2nc3sc4cc(Cl)ccc4n3c2CN2CCN(S(C)(=O)=O)CC2)c1. The Hall–Kier alpha value is -2.17. The van der Waals surface area contributed by atoms with Crippen molar-refractivity contribution in [3.8, 4) is 17.0 Å². The molecule has 0 amide bonds. The van der Waals surface area contributed by atoms with Crippen LogP contribution in [0.5, 0.6) is 5.75 Å². The molecule has 0 aliphatic carbocycles. The summed E-state index contributed by atoms with van der Waals surface area (Å²) in [7, 11) is -1.51. The molecule has 0 atom stereocenters. The number of hydrogen-bond acceptors (Lipinski definition) is 6. The van der Waals surface area contributed by atoms with Gasteiger partial charge in [-0.1, -0.05) is 35.1 Å². The predicted octanol–water partition coefficient (Wildman–Crippen LogP) is 3.96. The maximum atomic E-state index is 11.9. The Morgan fingerprint density at radius 3 is 2.62 bits per heavy atom. The van der Waals surface area contributed by atoms with Crippen LogP contribution in [0.1, 0.15) is 5.69 Å². The lowest BCUT2D eigenvalue weighted by Crippen LogP contribution is -2.47. The fourth-order valence-electron chi connectivity index (χ4n) is 4.18. The van der Waals surface area contributed by atoms with E-state index < -0.39 is 10.0 Å². The van der Waals surface area contributed by atoms with Gasteiger partial charge >= 0.3 is 0 Å². The number of halogens is 1. The molecule has 0 unspecified atom stereocenters. The minimum atomic E-state index is -3.16. The van der Waals surface area contributed by atoms with Gasteiger partial charge in [0.2, 0.25) is 10.0 Å². The summed E-state index contributed by atoms with van der Waals surface area (Å²) in [6.45, 7) is 3.00. The number of piperazine rings is 1. The number of nitrogens with zero attached hydrogens (tertiary/aromatic N) is 4. The lowest BCUT2D eigenvalue weighted by Gasteiger charge is -2.33. The summed E-state index contributed by atoms with van der Waals surface area (Å²) in [5.41, 5.74) is 4.06. The van der Waals surface area contributed by atoms with Crippen LogP contribution < -0.4 is 4.74 Å². The second kappa shape index (κ2) is 8.31. The van der Waals surface area contributed by atoms with E-state index in [1.807, 2.05) is 42.5 Å². The highest BCUT2D eigenvalue weighted by atomic mass is 35.5. The molecule has 168 valence electrons. The zero-order valence-electron chi connectivity index (χ0n) is 17.8. The van der Waals surface area contributed by atoms with Crippen molar-refractivity contribution in [2.75, 3.05) is 39.5 Å². The third-order valence-electron chi connectivity index (χ3n) is 5.82. The Morgan fingerprint density at radius 1 is 1.12 bits per heavy atom. The highest BCUT2D eigenvalue weighted by molar-refractivity contribution is 7.88. The fourth-order valence-corrected chi connectivity index (χ4v) is 6.33. The molecular formula is C22H23ClN4O3S2. The molecule has 10 heteroatoms. The van der Waals surface area contributed by atoms with Gasteiger partial charge in [-0.3, -0.25) is 9.30 Å². The number of sulfonamides is 1. The van der Waals surface area contributed by atoms with Gasteiger partial charge in [-0.25, -0.2) is 13.4 Å². The number of fused-ring (bicyclic) bond motifs is 3. The molecule has 0 bridgehead atoms. The van der Waals surface area contributed by atoms with E-state index in [4.69, 9.17) is 21.3 Å². The Labute approximate surface area is 195 Å². The van der Waals surface area contributed by atoms with E-state index in [2.05, 4.69) is 9.30 Å².